The second-order valence-electron chi connectivity index (χ2n) is 9.23. The van der Waals surface area contributed by atoms with Crippen LogP contribution in [0, 0.1) is 17.6 Å². The van der Waals surface area contributed by atoms with Gasteiger partial charge in [-0.15, -0.1) is 0 Å². The number of nitrogens with zero attached hydrogens (tertiary/aromatic N) is 1. The summed E-state index contributed by atoms with van der Waals surface area (Å²) in [5, 5.41) is 19.6. The summed E-state index contributed by atoms with van der Waals surface area (Å²) in [5.74, 6) is -2.70. The lowest BCUT2D eigenvalue weighted by molar-refractivity contribution is -0.145. The molecule has 2 aromatic carbocycles. The number of piperidine rings is 1. The van der Waals surface area contributed by atoms with Crippen molar-refractivity contribution in [3.05, 3.63) is 63.7 Å². The van der Waals surface area contributed by atoms with Crippen LogP contribution in [0.1, 0.15) is 61.9 Å². The summed E-state index contributed by atoms with van der Waals surface area (Å²) < 4.78 is 34.1. The molecule has 0 bridgehead atoms. The maximum Gasteiger partial charge on any atom is 0.309 e. The first kappa shape index (κ1) is 23.9. The number of rotatable bonds is 5. The van der Waals surface area contributed by atoms with Crippen LogP contribution in [0.4, 0.5) is 8.78 Å². The Bertz CT molecular complexity index is 1050. The predicted molar refractivity (Wildman–Crippen MR) is 120 cm³/mol. The molecule has 5 nitrogen and oxygen atoms in total. The molecule has 0 saturated carbocycles. The molecule has 0 aliphatic carbocycles. The minimum absolute atomic E-state index is 0.0475. The van der Waals surface area contributed by atoms with Crippen molar-refractivity contribution in [1.29, 1.82) is 0 Å². The molecule has 1 unspecified atom stereocenters. The average molecular weight is 480 g/mol. The Kier molecular flexibility index (Phi) is 6.67. The van der Waals surface area contributed by atoms with Crippen LogP contribution in [0.5, 0.6) is 5.75 Å². The van der Waals surface area contributed by atoms with Crippen LogP contribution in [0.2, 0.25) is 5.02 Å². The monoisotopic (exact) mass is 479 g/mol. The molecule has 2 heterocycles. The van der Waals surface area contributed by atoms with Crippen molar-refractivity contribution < 1.29 is 28.5 Å². The minimum Gasteiger partial charge on any atom is -0.487 e. The molecule has 4 rings (SSSR count). The summed E-state index contributed by atoms with van der Waals surface area (Å²) >= 11 is 6.11. The molecule has 2 aliphatic rings. The van der Waals surface area contributed by atoms with Crippen molar-refractivity contribution in [2.45, 2.75) is 57.3 Å². The molecule has 1 spiro atoms. The molecule has 0 radical (unpaired) electrons. The molecule has 3 atom stereocenters. The highest BCUT2D eigenvalue weighted by Crippen LogP contribution is 2.42. The van der Waals surface area contributed by atoms with Crippen LogP contribution in [-0.2, 0) is 11.2 Å². The number of benzene rings is 2. The van der Waals surface area contributed by atoms with Gasteiger partial charge in [0.25, 0.3) is 0 Å². The van der Waals surface area contributed by atoms with Gasteiger partial charge in [0.1, 0.15) is 23.0 Å². The second-order valence-corrected chi connectivity index (χ2v) is 9.60. The Hall–Kier alpha value is -2.22. The van der Waals surface area contributed by atoms with E-state index in [1.54, 1.807) is 12.1 Å². The summed E-state index contributed by atoms with van der Waals surface area (Å²) in [6.07, 6.45) is 2.05. The molecule has 33 heavy (non-hydrogen) atoms. The summed E-state index contributed by atoms with van der Waals surface area (Å²) in [6.45, 7) is 4.74. The zero-order valence-corrected chi connectivity index (χ0v) is 19.4. The average Bonchev–Trinajstić information content (AvgIpc) is 2.80. The van der Waals surface area contributed by atoms with E-state index in [4.69, 9.17) is 16.3 Å². The summed E-state index contributed by atoms with van der Waals surface area (Å²) in [6, 6.07) is 7.25. The van der Waals surface area contributed by atoms with Gasteiger partial charge in [0.2, 0.25) is 0 Å². The van der Waals surface area contributed by atoms with Crippen molar-refractivity contribution in [3.63, 3.8) is 0 Å². The molecule has 1 saturated heterocycles. The fraction of sp³-hybridized carbons (Fsp3) is 0.480. The molecule has 2 aliphatic heterocycles. The number of aliphatic hydroxyl groups excluding tert-OH is 1. The number of hydrogen-bond donors (Lipinski definition) is 2. The van der Waals surface area contributed by atoms with E-state index >= 15 is 0 Å². The van der Waals surface area contributed by atoms with Crippen molar-refractivity contribution in [1.82, 2.24) is 4.90 Å². The summed E-state index contributed by atoms with van der Waals surface area (Å²) in [7, 11) is 0. The van der Waals surface area contributed by atoms with Crippen LogP contribution in [0.25, 0.3) is 0 Å². The van der Waals surface area contributed by atoms with Crippen molar-refractivity contribution in [2.24, 2.45) is 5.92 Å². The molecular formula is C25H28ClF2NO4. The number of hydrogen-bond acceptors (Lipinski definition) is 4. The Labute approximate surface area is 196 Å². The molecule has 2 N–H and O–H groups in total. The van der Waals surface area contributed by atoms with E-state index in [0.717, 1.165) is 37.3 Å². The molecule has 0 aromatic heterocycles. The van der Waals surface area contributed by atoms with E-state index in [1.807, 2.05) is 13.0 Å². The number of carboxylic acids is 1. The predicted octanol–water partition coefficient (Wildman–Crippen LogP) is 5.29. The smallest absolute Gasteiger partial charge is 0.309 e. The van der Waals surface area contributed by atoms with Crippen LogP contribution in [0.15, 0.2) is 30.3 Å². The fourth-order valence-electron chi connectivity index (χ4n) is 4.87. The zero-order chi connectivity index (χ0) is 23.9. The van der Waals surface area contributed by atoms with Crippen LogP contribution >= 0.6 is 11.6 Å². The highest BCUT2D eigenvalue weighted by molar-refractivity contribution is 6.31. The zero-order valence-electron chi connectivity index (χ0n) is 18.7. The van der Waals surface area contributed by atoms with E-state index in [9.17, 15) is 23.8 Å². The number of aliphatic carboxylic acids is 1. The fourth-order valence-corrected chi connectivity index (χ4v) is 5.14. The van der Waals surface area contributed by atoms with E-state index in [1.165, 1.54) is 13.0 Å². The molecule has 8 heteroatoms. The third kappa shape index (κ3) is 4.72. The number of halogens is 3. The highest BCUT2D eigenvalue weighted by Gasteiger charge is 2.41. The minimum atomic E-state index is -1.12. The Morgan fingerprint density at radius 2 is 1.85 bits per heavy atom. The van der Waals surface area contributed by atoms with Gasteiger partial charge in [-0.05, 0) is 68.4 Å². The third-order valence-electron chi connectivity index (χ3n) is 7.20. The van der Waals surface area contributed by atoms with Gasteiger partial charge < -0.3 is 14.9 Å². The van der Waals surface area contributed by atoms with Gasteiger partial charge in [-0.3, -0.25) is 9.69 Å². The quantitative estimate of drug-likeness (QED) is 0.570. The van der Waals surface area contributed by atoms with Gasteiger partial charge >= 0.3 is 5.97 Å². The Morgan fingerprint density at radius 3 is 2.52 bits per heavy atom. The van der Waals surface area contributed by atoms with Crippen molar-refractivity contribution in [3.8, 4) is 5.75 Å². The maximum absolute atomic E-state index is 13.9. The second kappa shape index (κ2) is 9.20. The molecule has 2 aromatic rings. The van der Waals surface area contributed by atoms with Crippen molar-refractivity contribution >= 4 is 17.6 Å². The molecular weight excluding hydrogens is 452 g/mol. The SMILES string of the molecule is CC(c1cc(F)cc(F)c1Cl)N1CCC2(CCc3ccc([C@H](O)[C@H](C)C(=O)O)cc3O2)CC1. The first-order valence-corrected chi connectivity index (χ1v) is 11.6. The number of aliphatic hydroxyl groups is 1. The maximum atomic E-state index is 13.9. The number of fused-ring (bicyclic) bond motifs is 1. The van der Waals surface area contributed by atoms with E-state index in [0.29, 0.717) is 30.0 Å². The van der Waals surface area contributed by atoms with Gasteiger partial charge in [0, 0.05) is 25.2 Å². The number of likely N-dealkylation sites (tertiary alicyclic amines) is 1. The van der Waals surface area contributed by atoms with E-state index in [-0.39, 0.29) is 16.7 Å². The van der Waals surface area contributed by atoms with Crippen molar-refractivity contribution in [2.75, 3.05) is 13.1 Å². The van der Waals surface area contributed by atoms with Crippen LogP contribution in [0.3, 0.4) is 0 Å². The van der Waals surface area contributed by atoms with Gasteiger partial charge in [-0.1, -0.05) is 23.7 Å². The van der Waals surface area contributed by atoms with Gasteiger partial charge in [0.15, 0.2) is 0 Å². The first-order valence-electron chi connectivity index (χ1n) is 11.2. The standard InChI is InChI=1S/C25H28ClF2NO4/c1-14(24(31)32)23(30)17-4-3-16-5-6-25(33-21(16)11-17)7-9-29(10-8-25)15(2)19-12-18(27)13-20(28)22(19)26/h3-4,11-15,23,30H,5-10H2,1-2H3,(H,31,32)/t14-,15?,23+/m0/s1. The largest absolute Gasteiger partial charge is 0.487 e. The van der Waals surface area contributed by atoms with Gasteiger partial charge in [-0.25, -0.2) is 8.78 Å². The lowest BCUT2D eigenvalue weighted by Crippen LogP contribution is -2.50. The molecule has 178 valence electrons. The molecule has 0 amide bonds. The summed E-state index contributed by atoms with van der Waals surface area (Å²) in [4.78, 5) is 13.4. The molecule has 1 fully saturated rings. The summed E-state index contributed by atoms with van der Waals surface area (Å²) in [5.41, 5.74) is 1.64. The van der Waals surface area contributed by atoms with Crippen LogP contribution < -0.4 is 4.74 Å². The van der Waals surface area contributed by atoms with E-state index < -0.39 is 29.6 Å². The lowest BCUT2D eigenvalue weighted by Gasteiger charge is -2.46. The van der Waals surface area contributed by atoms with Gasteiger partial charge in [0.05, 0.1) is 17.0 Å². The lowest BCUT2D eigenvalue weighted by atomic mass is 9.82. The first-order chi connectivity index (χ1) is 15.6. The Balaban J connectivity index is 1.47. The topological polar surface area (TPSA) is 70.0 Å². The normalized spacial score (nSPS) is 20.5. The highest BCUT2D eigenvalue weighted by atomic mass is 35.5. The number of carbonyl (C=O) groups is 1. The Morgan fingerprint density at radius 1 is 1.15 bits per heavy atom. The third-order valence-corrected chi connectivity index (χ3v) is 7.60. The van der Waals surface area contributed by atoms with E-state index in [2.05, 4.69) is 4.90 Å². The number of aryl methyl sites for hydroxylation is 1. The number of carboxylic acid groups (broad SMARTS) is 1. The van der Waals surface area contributed by atoms with Crippen LogP contribution in [-0.4, -0.2) is 39.8 Å². The number of ether oxygens (including phenoxy) is 1. The van der Waals surface area contributed by atoms with Gasteiger partial charge in [-0.2, -0.15) is 0 Å².